The van der Waals surface area contributed by atoms with Gasteiger partial charge in [0.2, 0.25) is 0 Å². The normalized spacial score (nSPS) is 19.6. The van der Waals surface area contributed by atoms with Gasteiger partial charge in [-0.1, -0.05) is 30.3 Å². The van der Waals surface area contributed by atoms with Gasteiger partial charge >= 0.3 is 0 Å². The molecule has 0 radical (unpaired) electrons. The molecule has 3 rings (SSSR count). The number of hydrogen-bond acceptors (Lipinski definition) is 1. The van der Waals surface area contributed by atoms with E-state index in [0.29, 0.717) is 6.04 Å². The number of rotatable bonds is 3. The summed E-state index contributed by atoms with van der Waals surface area (Å²) in [6.45, 7) is 2.13. The quantitative estimate of drug-likeness (QED) is 0.851. The zero-order valence-electron chi connectivity index (χ0n) is 9.97. The van der Waals surface area contributed by atoms with Crippen LogP contribution >= 0.6 is 0 Å². The first kappa shape index (κ1) is 10.6. The van der Waals surface area contributed by atoms with Crippen molar-refractivity contribution >= 4 is 0 Å². The van der Waals surface area contributed by atoms with E-state index in [1.165, 1.54) is 24.1 Å². The van der Waals surface area contributed by atoms with Crippen LogP contribution in [0.1, 0.15) is 30.1 Å². The Bertz CT molecular complexity index is 467. The van der Waals surface area contributed by atoms with Crippen molar-refractivity contribution in [3.05, 3.63) is 59.9 Å². The minimum Gasteiger partial charge on any atom is -0.346 e. The Kier molecular flexibility index (Phi) is 2.97. The van der Waals surface area contributed by atoms with Crippen LogP contribution in [0.3, 0.4) is 0 Å². The fourth-order valence-electron chi connectivity index (χ4n) is 2.60. The highest BCUT2D eigenvalue weighted by Crippen LogP contribution is 2.23. The van der Waals surface area contributed by atoms with Gasteiger partial charge in [0, 0.05) is 24.5 Å². The van der Waals surface area contributed by atoms with Crippen LogP contribution in [0.25, 0.3) is 0 Å². The maximum Gasteiger partial charge on any atom is 0.0475 e. The van der Waals surface area contributed by atoms with Gasteiger partial charge in [-0.2, -0.15) is 0 Å². The van der Waals surface area contributed by atoms with Gasteiger partial charge in [0.1, 0.15) is 0 Å². The smallest absolute Gasteiger partial charge is 0.0475 e. The molecule has 1 aromatic carbocycles. The third kappa shape index (κ3) is 2.27. The summed E-state index contributed by atoms with van der Waals surface area (Å²) in [6, 6.07) is 15.6. The van der Waals surface area contributed by atoms with Crippen LogP contribution in [0.5, 0.6) is 0 Å². The molecule has 1 aliphatic heterocycles. The summed E-state index contributed by atoms with van der Waals surface area (Å²) in [5, 5.41) is 3.56. The molecule has 1 atom stereocenters. The van der Waals surface area contributed by atoms with Gasteiger partial charge in [0.25, 0.3) is 0 Å². The van der Waals surface area contributed by atoms with E-state index in [1.54, 1.807) is 0 Å². The standard InChI is InChI=1S/C15H18N2/c1-2-6-13(7-3-1)12-17-11-5-9-15(17)14-8-4-10-16-14/h1-3,5-7,9,11,14,16H,4,8,10,12H2/t14-/m1/s1. The molecule has 0 aliphatic carbocycles. The lowest BCUT2D eigenvalue weighted by atomic mass is 10.1. The van der Waals surface area contributed by atoms with Crippen LogP contribution in [0.15, 0.2) is 48.7 Å². The molecule has 1 aromatic heterocycles. The molecule has 17 heavy (non-hydrogen) atoms. The van der Waals surface area contributed by atoms with E-state index in [4.69, 9.17) is 0 Å². The highest BCUT2D eigenvalue weighted by atomic mass is 15.0. The summed E-state index contributed by atoms with van der Waals surface area (Å²) < 4.78 is 2.36. The molecule has 0 bridgehead atoms. The maximum atomic E-state index is 3.56. The van der Waals surface area contributed by atoms with Gasteiger partial charge in [-0.25, -0.2) is 0 Å². The van der Waals surface area contributed by atoms with Crippen molar-refractivity contribution in [2.45, 2.75) is 25.4 Å². The molecular weight excluding hydrogens is 208 g/mol. The van der Waals surface area contributed by atoms with E-state index in [0.717, 1.165) is 13.1 Å². The van der Waals surface area contributed by atoms with Crippen molar-refractivity contribution in [1.82, 2.24) is 9.88 Å². The number of nitrogens with zero attached hydrogens (tertiary/aromatic N) is 1. The SMILES string of the molecule is c1ccc(Cn2cccc2[C@H]2CCCN2)cc1. The van der Waals surface area contributed by atoms with Crippen molar-refractivity contribution < 1.29 is 0 Å². The molecule has 1 N–H and O–H groups in total. The van der Waals surface area contributed by atoms with E-state index >= 15 is 0 Å². The Hall–Kier alpha value is -1.54. The summed E-state index contributed by atoms with van der Waals surface area (Å²) in [6.07, 6.45) is 4.74. The van der Waals surface area contributed by atoms with Crippen LogP contribution in [0.2, 0.25) is 0 Å². The van der Waals surface area contributed by atoms with E-state index in [2.05, 4.69) is 58.5 Å². The molecule has 0 saturated carbocycles. The molecule has 1 fully saturated rings. The molecule has 1 aliphatic rings. The van der Waals surface area contributed by atoms with E-state index in [1.807, 2.05) is 0 Å². The van der Waals surface area contributed by atoms with Crippen molar-refractivity contribution in [2.24, 2.45) is 0 Å². The van der Waals surface area contributed by atoms with E-state index < -0.39 is 0 Å². The van der Waals surface area contributed by atoms with Crippen LogP contribution in [-0.2, 0) is 6.54 Å². The maximum absolute atomic E-state index is 3.56. The average Bonchev–Trinajstić information content (AvgIpc) is 3.00. The Morgan fingerprint density at radius 1 is 1.12 bits per heavy atom. The molecule has 1 saturated heterocycles. The molecule has 2 nitrogen and oxygen atoms in total. The molecule has 2 heteroatoms. The fraction of sp³-hybridized carbons (Fsp3) is 0.333. The van der Waals surface area contributed by atoms with Crippen LogP contribution in [-0.4, -0.2) is 11.1 Å². The molecule has 0 unspecified atom stereocenters. The van der Waals surface area contributed by atoms with Gasteiger partial charge in [0.05, 0.1) is 0 Å². The number of aromatic nitrogens is 1. The molecule has 88 valence electrons. The predicted molar refractivity (Wildman–Crippen MR) is 70.0 cm³/mol. The lowest BCUT2D eigenvalue weighted by Gasteiger charge is -2.15. The second-order valence-electron chi connectivity index (χ2n) is 4.70. The highest BCUT2D eigenvalue weighted by molar-refractivity contribution is 5.19. The first-order chi connectivity index (χ1) is 8.43. The largest absolute Gasteiger partial charge is 0.346 e. The summed E-state index contributed by atoms with van der Waals surface area (Å²) in [7, 11) is 0. The number of hydrogen-bond donors (Lipinski definition) is 1. The van der Waals surface area contributed by atoms with Gasteiger partial charge in [-0.15, -0.1) is 0 Å². The van der Waals surface area contributed by atoms with Crippen molar-refractivity contribution in [3.8, 4) is 0 Å². The monoisotopic (exact) mass is 226 g/mol. The molecule has 0 amide bonds. The third-order valence-electron chi connectivity index (χ3n) is 3.48. The molecule has 2 heterocycles. The fourth-order valence-corrected chi connectivity index (χ4v) is 2.60. The third-order valence-corrected chi connectivity index (χ3v) is 3.48. The Morgan fingerprint density at radius 2 is 2.00 bits per heavy atom. The van der Waals surface area contributed by atoms with Gasteiger partial charge < -0.3 is 9.88 Å². The van der Waals surface area contributed by atoms with Gasteiger partial charge in [-0.05, 0) is 37.1 Å². The minimum absolute atomic E-state index is 0.550. The van der Waals surface area contributed by atoms with Gasteiger partial charge in [-0.3, -0.25) is 0 Å². The second-order valence-corrected chi connectivity index (χ2v) is 4.70. The Balaban J connectivity index is 1.81. The van der Waals surface area contributed by atoms with Crippen LogP contribution < -0.4 is 5.32 Å². The van der Waals surface area contributed by atoms with Crippen LogP contribution in [0, 0.1) is 0 Å². The first-order valence-electron chi connectivity index (χ1n) is 6.36. The van der Waals surface area contributed by atoms with Crippen molar-refractivity contribution in [1.29, 1.82) is 0 Å². The number of nitrogens with one attached hydrogen (secondary N) is 1. The first-order valence-corrected chi connectivity index (χ1v) is 6.36. The summed E-state index contributed by atoms with van der Waals surface area (Å²) in [4.78, 5) is 0. The Morgan fingerprint density at radius 3 is 2.76 bits per heavy atom. The summed E-state index contributed by atoms with van der Waals surface area (Å²) in [5.41, 5.74) is 2.79. The highest BCUT2D eigenvalue weighted by Gasteiger charge is 2.18. The van der Waals surface area contributed by atoms with Crippen molar-refractivity contribution in [3.63, 3.8) is 0 Å². The Labute approximate surface area is 102 Å². The van der Waals surface area contributed by atoms with Crippen LogP contribution in [0.4, 0.5) is 0 Å². The summed E-state index contributed by atoms with van der Waals surface area (Å²) >= 11 is 0. The molecule has 0 spiro atoms. The van der Waals surface area contributed by atoms with Crippen molar-refractivity contribution in [2.75, 3.05) is 6.54 Å². The minimum atomic E-state index is 0.550. The lowest BCUT2D eigenvalue weighted by molar-refractivity contribution is 0.584. The molecular formula is C15H18N2. The lowest BCUT2D eigenvalue weighted by Crippen LogP contribution is -2.17. The average molecular weight is 226 g/mol. The van der Waals surface area contributed by atoms with Gasteiger partial charge in [0.15, 0.2) is 0 Å². The second kappa shape index (κ2) is 4.76. The zero-order chi connectivity index (χ0) is 11.5. The van der Waals surface area contributed by atoms with E-state index in [9.17, 15) is 0 Å². The topological polar surface area (TPSA) is 17.0 Å². The molecule has 2 aromatic rings. The van der Waals surface area contributed by atoms with E-state index in [-0.39, 0.29) is 0 Å². The summed E-state index contributed by atoms with van der Waals surface area (Å²) in [5.74, 6) is 0. The number of benzene rings is 1. The zero-order valence-corrected chi connectivity index (χ0v) is 9.97. The predicted octanol–water partition coefficient (Wildman–Crippen LogP) is 2.96.